The summed E-state index contributed by atoms with van der Waals surface area (Å²) in [5, 5.41) is 13.8. The molecule has 0 aliphatic carbocycles. The molecule has 1 aromatic carbocycles. The van der Waals surface area contributed by atoms with Crippen LogP contribution in [0.4, 0.5) is 0 Å². The Morgan fingerprint density at radius 2 is 1.32 bits per heavy atom. The van der Waals surface area contributed by atoms with Gasteiger partial charge in [-0.05, 0) is 49.3 Å². The van der Waals surface area contributed by atoms with Crippen LogP contribution in [0.3, 0.4) is 0 Å². The Bertz CT molecular complexity index is 742. The molecule has 0 aliphatic heterocycles. The molecule has 178 valence electrons. The fourth-order valence-electron chi connectivity index (χ4n) is 2.60. The van der Waals surface area contributed by atoms with Crippen LogP contribution in [0.25, 0.3) is 0 Å². The largest absolute Gasteiger partial charge is 0.423 e. The molecule has 0 spiro atoms. The minimum atomic E-state index is -0.802. The van der Waals surface area contributed by atoms with Crippen LogP contribution in [0, 0.1) is 10.8 Å². The number of rotatable bonds is 7. The number of hydrogen-bond acceptors (Lipinski definition) is 6. The molecular weight excluding hydrogens is 418 g/mol. The van der Waals surface area contributed by atoms with E-state index < -0.39 is 18.0 Å². The van der Waals surface area contributed by atoms with Crippen LogP contribution >= 0.6 is 12.4 Å². The summed E-state index contributed by atoms with van der Waals surface area (Å²) in [6.45, 7) is 18.0. The van der Waals surface area contributed by atoms with Crippen LogP contribution in [0.15, 0.2) is 18.2 Å². The first kappa shape index (κ1) is 29.4. The summed E-state index contributed by atoms with van der Waals surface area (Å²) in [4.78, 5) is 24.7. The van der Waals surface area contributed by atoms with Crippen LogP contribution in [0.2, 0.25) is 0 Å². The van der Waals surface area contributed by atoms with Gasteiger partial charge in [-0.25, -0.2) is 0 Å². The van der Waals surface area contributed by atoms with E-state index in [0.29, 0.717) is 12.1 Å². The summed E-state index contributed by atoms with van der Waals surface area (Å²) >= 11 is 0. The fourth-order valence-corrected chi connectivity index (χ4v) is 2.60. The Morgan fingerprint density at radius 1 is 0.871 bits per heavy atom. The first-order valence-electron chi connectivity index (χ1n) is 10.4. The fraction of sp³-hybridized carbons (Fsp3) is 0.667. The highest BCUT2D eigenvalue weighted by atomic mass is 35.5. The molecule has 0 aliphatic rings. The lowest BCUT2D eigenvalue weighted by Gasteiger charge is -2.23. The van der Waals surface area contributed by atoms with Crippen molar-refractivity contribution in [2.45, 2.75) is 86.8 Å². The highest BCUT2D eigenvalue weighted by Gasteiger charge is 2.23. The van der Waals surface area contributed by atoms with Gasteiger partial charge >= 0.3 is 11.9 Å². The van der Waals surface area contributed by atoms with Crippen molar-refractivity contribution in [3.05, 3.63) is 23.8 Å². The Hall–Kier alpha value is -1.63. The molecule has 0 amide bonds. The third-order valence-electron chi connectivity index (χ3n) is 3.98. The first-order chi connectivity index (χ1) is 13.5. The smallest absolute Gasteiger partial charge is 0.311 e. The van der Waals surface area contributed by atoms with E-state index >= 15 is 0 Å². The third kappa shape index (κ3) is 12.7. The summed E-state index contributed by atoms with van der Waals surface area (Å²) < 4.78 is 11.0. The number of β-amino-alcohol motifs (C(OH)–C–C–N with tert-alkyl or cyclic N) is 1. The Morgan fingerprint density at radius 3 is 1.74 bits per heavy atom. The number of esters is 2. The maximum Gasteiger partial charge on any atom is 0.311 e. The zero-order valence-electron chi connectivity index (χ0n) is 20.4. The van der Waals surface area contributed by atoms with Crippen molar-refractivity contribution < 1.29 is 24.2 Å². The molecule has 0 saturated heterocycles. The van der Waals surface area contributed by atoms with Gasteiger partial charge in [0.25, 0.3) is 0 Å². The first-order valence-corrected chi connectivity index (χ1v) is 10.4. The number of aliphatic hydroxyl groups excluding tert-OH is 1. The highest BCUT2D eigenvalue weighted by Crippen LogP contribution is 2.33. The van der Waals surface area contributed by atoms with Gasteiger partial charge in [-0.15, -0.1) is 12.4 Å². The van der Waals surface area contributed by atoms with Gasteiger partial charge in [0, 0.05) is 12.1 Å². The molecule has 1 rings (SSSR count). The van der Waals surface area contributed by atoms with Crippen molar-refractivity contribution in [1.82, 2.24) is 5.32 Å². The minimum Gasteiger partial charge on any atom is -0.423 e. The SMILES string of the molecule is CC(C)(C)CC(=O)Oc1ccc([C@@H](O)CNC(C)(C)C)cc1OC(=O)CC(C)(C)C.Cl. The van der Waals surface area contributed by atoms with Crippen molar-refractivity contribution >= 4 is 24.3 Å². The second-order valence-corrected chi connectivity index (χ2v) is 11.3. The van der Waals surface area contributed by atoms with Crippen molar-refractivity contribution in [2.75, 3.05) is 6.54 Å². The van der Waals surface area contributed by atoms with E-state index in [4.69, 9.17) is 9.47 Å². The van der Waals surface area contributed by atoms with Crippen molar-refractivity contribution in [3.8, 4) is 11.5 Å². The lowest BCUT2D eigenvalue weighted by Crippen LogP contribution is -2.38. The molecule has 7 heteroatoms. The zero-order chi connectivity index (χ0) is 23.3. The topological polar surface area (TPSA) is 84.9 Å². The van der Waals surface area contributed by atoms with Crippen molar-refractivity contribution in [2.24, 2.45) is 10.8 Å². The lowest BCUT2D eigenvalue weighted by atomic mass is 9.92. The molecular formula is C24H40ClNO5. The lowest BCUT2D eigenvalue weighted by molar-refractivity contribution is -0.139. The standard InChI is InChI=1S/C24H39NO5.ClH/c1-22(2,3)13-20(27)29-18-11-10-16(17(26)15-25-24(7,8)9)12-19(18)30-21(28)14-23(4,5)6;/h10-12,17,25-26H,13-15H2,1-9H3;1H/t17-;/m0./s1. The summed E-state index contributed by atoms with van der Waals surface area (Å²) in [5.74, 6) is -0.515. The van der Waals surface area contributed by atoms with Crippen molar-refractivity contribution in [3.63, 3.8) is 0 Å². The zero-order valence-corrected chi connectivity index (χ0v) is 21.2. The number of carbonyl (C=O) groups is 2. The van der Waals surface area contributed by atoms with Gasteiger partial charge in [0.15, 0.2) is 11.5 Å². The van der Waals surface area contributed by atoms with E-state index in [-0.39, 0.29) is 53.1 Å². The average Bonchev–Trinajstić information content (AvgIpc) is 2.49. The quantitative estimate of drug-likeness (QED) is 0.431. The summed E-state index contributed by atoms with van der Waals surface area (Å²) in [6, 6.07) is 4.81. The number of nitrogens with one attached hydrogen (secondary N) is 1. The van der Waals surface area contributed by atoms with E-state index in [0.717, 1.165) is 0 Å². The van der Waals surface area contributed by atoms with E-state index in [2.05, 4.69) is 5.32 Å². The molecule has 1 atom stereocenters. The molecule has 0 aromatic heterocycles. The number of benzene rings is 1. The van der Waals surface area contributed by atoms with Gasteiger partial charge in [0.1, 0.15) is 0 Å². The maximum absolute atomic E-state index is 12.4. The van der Waals surface area contributed by atoms with Crippen LogP contribution in [-0.4, -0.2) is 29.1 Å². The number of aliphatic hydroxyl groups is 1. The predicted octanol–water partition coefficient (Wildman–Crippen LogP) is 5.21. The number of halogens is 1. The van der Waals surface area contributed by atoms with Gasteiger partial charge in [-0.2, -0.15) is 0 Å². The molecule has 0 saturated carbocycles. The highest BCUT2D eigenvalue weighted by molar-refractivity contribution is 5.85. The van der Waals surface area contributed by atoms with E-state index in [1.165, 1.54) is 0 Å². The molecule has 0 heterocycles. The molecule has 0 radical (unpaired) electrons. The minimum absolute atomic E-state index is 0. The van der Waals surface area contributed by atoms with Crippen LogP contribution in [0.5, 0.6) is 11.5 Å². The second kappa shape index (κ2) is 11.3. The van der Waals surface area contributed by atoms with Gasteiger partial charge < -0.3 is 19.9 Å². The van der Waals surface area contributed by atoms with Crippen LogP contribution in [0.1, 0.15) is 86.8 Å². The Kier molecular flexibility index (Phi) is 10.7. The molecule has 6 nitrogen and oxygen atoms in total. The third-order valence-corrected chi connectivity index (χ3v) is 3.98. The Labute approximate surface area is 193 Å². The number of hydrogen-bond donors (Lipinski definition) is 2. The van der Waals surface area contributed by atoms with Gasteiger partial charge in [-0.1, -0.05) is 47.6 Å². The predicted molar refractivity (Wildman–Crippen MR) is 126 cm³/mol. The maximum atomic E-state index is 12.4. The number of ether oxygens (including phenoxy) is 2. The normalized spacial score (nSPS) is 13.2. The van der Waals surface area contributed by atoms with Gasteiger partial charge in [0.2, 0.25) is 0 Å². The molecule has 1 aromatic rings. The second-order valence-electron chi connectivity index (χ2n) is 11.3. The van der Waals surface area contributed by atoms with Crippen LogP contribution in [-0.2, 0) is 9.59 Å². The van der Waals surface area contributed by atoms with Crippen LogP contribution < -0.4 is 14.8 Å². The molecule has 2 N–H and O–H groups in total. The molecule has 31 heavy (non-hydrogen) atoms. The molecule has 0 bridgehead atoms. The molecule has 0 fully saturated rings. The molecule has 0 unspecified atom stereocenters. The monoisotopic (exact) mass is 457 g/mol. The number of carbonyl (C=O) groups excluding carboxylic acids is 2. The summed E-state index contributed by atoms with van der Waals surface area (Å²) in [6.07, 6.45) is -0.369. The van der Waals surface area contributed by atoms with Crippen molar-refractivity contribution in [1.29, 1.82) is 0 Å². The van der Waals surface area contributed by atoms with Gasteiger partial charge in [0.05, 0.1) is 18.9 Å². The summed E-state index contributed by atoms with van der Waals surface area (Å²) in [5.41, 5.74) is -0.0465. The van der Waals surface area contributed by atoms with E-state index in [1.54, 1.807) is 18.2 Å². The van der Waals surface area contributed by atoms with E-state index in [1.807, 2.05) is 62.3 Å². The van der Waals surface area contributed by atoms with E-state index in [9.17, 15) is 14.7 Å². The Balaban J connectivity index is 0.00000900. The van der Waals surface area contributed by atoms with Gasteiger partial charge in [-0.3, -0.25) is 9.59 Å². The average molecular weight is 458 g/mol. The summed E-state index contributed by atoms with van der Waals surface area (Å²) in [7, 11) is 0.